The maximum atomic E-state index is 11.9. The Morgan fingerprint density at radius 3 is 2.79 bits per heavy atom. The number of nitrogens with zero attached hydrogens (tertiary/aromatic N) is 3. The summed E-state index contributed by atoms with van der Waals surface area (Å²) in [5.74, 6) is 0.0515. The van der Waals surface area contributed by atoms with Gasteiger partial charge in [0.05, 0.1) is 5.56 Å². The predicted molar refractivity (Wildman–Crippen MR) is 51.8 cm³/mol. The second-order valence-electron chi connectivity index (χ2n) is 3.62. The fourth-order valence-electron chi connectivity index (χ4n) is 1.81. The normalized spacial score (nSPS) is 21.2. The number of likely N-dealkylation sites (tertiary alicyclic amines) is 1. The van der Waals surface area contributed by atoms with Crippen molar-refractivity contribution in [1.29, 1.82) is 0 Å². The number of aromatic nitrogens is 2. The van der Waals surface area contributed by atoms with Gasteiger partial charge in [-0.3, -0.25) is 4.79 Å². The summed E-state index contributed by atoms with van der Waals surface area (Å²) in [5, 5.41) is 0. The summed E-state index contributed by atoms with van der Waals surface area (Å²) in [6.45, 7) is 2.93. The minimum Gasteiger partial charge on any atom is -0.336 e. The molecule has 0 spiro atoms. The molecule has 2 heterocycles. The molecular formula is C10H13N3O. The second kappa shape index (κ2) is 3.74. The average molecular weight is 191 g/mol. The largest absolute Gasteiger partial charge is 0.336 e. The lowest BCUT2D eigenvalue weighted by atomic mass is 10.2. The van der Waals surface area contributed by atoms with Crippen LogP contribution in [0.15, 0.2) is 18.7 Å². The highest BCUT2D eigenvalue weighted by molar-refractivity contribution is 5.93. The molecule has 2 rings (SSSR count). The molecule has 4 heteroatoms. The molecule has 0 aromatic carbocycles. The Kier molecular flexibility index (Phi) is 2.43. The fraction of sp³-hybridized carbons (Fsp3) is 0.500. The molecule has 0 aliphatic carbocycles. The van der Waals surface area contributed by atoms with Gasteiger partial charge < -0.3 is 4.90 Å². The van der Waals surface area contributed by atoms with Crippen LogP contribution in [-0.4, -0.2) is 33.4 Å². The highest BCUT2D eigenvalue weighted by atomic mass is 16.2. The third-order valence-electron chi connectivity index (χ3n) is 2.62. The molecule has 0 saturated carbocycles. The molecule has 1 fully saturated rings. The van der Waals surface area contributed by atoms with E-state index in [4.69, 9.17) is 0 Å². The van der Waals surface area contributed by atoms with Gasteiger partial charge in [-0.2, -0.15) is 0 Å². The van der Waals surface area contributed by atoms with E-state index >= 15 is 0 Å². The van der Waals surface area contributed by atoms with E-state index in [1.807, 2.05) is 4.90 Å². The maximum absolute atomic E-state index is 11.9. The van der Waals surface area contributed by atoms with Crippen molar-refractivity contribution in [2.75, 3.05) is 6.54 Å². The van der Waals surface area contributed by atoms with E-state index < -0.39 is 0 Å². The molecule has 0 N–H and O–H groups in total. The van der Waals surface area contributed by atoms with Gasteiger partial charge in [0, 0.05) is 25.0 Å². The summed E-state index contributed by atoms with van der Waals surface area (Å²) in [7, 11) is 0. The number of hydrogen-bond donors (Lipinski definition) is 0. The van der Waals surface area contributed by atoms with Crippen LogP contribution in [0, 0.1) is 0 Å². The van der Waals surface area contributed by atoms with Crippen LogP contribution in [0.5, 0.6) is 0 Å². The highest BCUT2D eigenvalue weighted by Crippen LogP contribution is 2.18. The Morgan fingerprint density at radius 1 is 1.50 bits per heavy atom. The SMILES string of the molecule is CC1CCCN1C(=O)c1cncnc1. The van der Waals surface area contributed by atoms with Crippen molar-refractivity contribution in [3.63, 3.8) is 0 Å². The van der Waals surface area contributed by atoms with Crippen LogP contribution in [0.2, 0.25) is 0 Å². The first-order valence-electron chi connectivity index (χ1n) is 4.85. The van der Waals surface area contributed by atoms with Gasteiger partial charge in [-0.05, 0) is 19.8 Å². The first-order chi connectivity index (χ1) is 6.79. The number of carbonyl (C=O) groups is 1. The molecule has 14 heavy (non-hydrogen) atoms. The lowest BCUT2D eigenvalue weighted by Crippen LogP contribution is -2.33. The molecule has 1 aliphatic heterocycles. The van der Waals surface area contributed by atoms with E-state index in [9.17, 15) is 4.79 Å². The Labute approximate surface area is 83.0 Å². The molecule has 0 radical (unpaired) electrons. The molecule has 1 aromatic heterocycles. The smallest absolute Gasteiger partial charge is 0.257 e. The van der Waals surface area contributed by atoms with Gasteiger partial charge in [0.1, 0.15) is 6.33 Å². The lowest BCUT2D eigenvalue weighted by molar-refractivity contribution is 0.0746. The molecule has 1 saturated heterocycles. The van der Waals surface area contributed by atoms with Crippen LogP contribution < -0.4 is 0 Å². The van der Waals surface area contributed by atoms with Gasteiger partial charge in [-0.15, -0.1) is 0 Å². The second-order valence-corrected chi connectivity index (χ2v) is 3.62. The minimum absolute atomic E-state index is 0.0515. The molecule has 1 unspecified atom stereocenters. The first kappa shape index (κ1) is 9.12. The number of hydrogen-bond acceptors (Lipinski definition) is 3. The highest BCUT2D eigenvalue weighted by Gasteiger charge is 2.25. The monoisotopic (exact) mass is 191 g/mol. The van der Waals surface area contributed by atoms with Gasteiger partial charge in [-0.1, -0.05) is 0 Å². The number of amides is 1. The van der Waals surface area contributed by atoms with Crippen LogP contribution in [0.25, 0.3) is 0 Å². The zero-order chi connectivity index (χ0) is 9.97. The number of carbonyl (C=O) groups excluding carboxylic acids is 1. The summed E-state index contributed by atoms with van der Waals surface area (Å²) < 4.78 is 0. The Bertz CT molecular complexity index is 325. The van der Waals surface area contributed by atoms with E-state index in [1.165, 1.54) is 6.33 Å². The molecule has 0 bridgehead atoms. The molecule has 74 valence electrons. The van der Waals surface area contributed by atoms with E-state index in [2.05, 4.69) is 16.9 Å². The van der Waals surface area contributed by atoms with Crippen molar-refractivity contribution in [1.82, 2.24) is 14.9 Å². The van der Waals surface area contributed by atoms with Crippen LogP contribution in [0.4, 0.5) is 0 Å². The van der Waals surface area contributed by atoms with Gasteiger partial charge in [0.2, 0.25) is 0 Å². The van der Waals surface area contributed by atoms with E-state index in [0.717, 1.165) is 19.4 Å². The van der Waals surface area contributed by atoms with Crippen molar-refractivity contribution in [2.45, 2.75) is 25.8 Å². The van der Waals surface area contributed by atoms with Gasteiger partial charge in [0.15, 0.2) is 0 Å². The summed E-state index contributed by atoms with van der Waals surface area (Å²) in [4.78, 5) is 21.5. The topological polar surface area (TPSA) is 46.1 Å². The Balaban J connectivity index is 2.16. The fourth-order valence-corrected chi connectivity index (χ4v) is 1.81. The molecule has 4 nitrogen and oxygen atoms in total. The van der Waals surface area contributed by atoms with Crippen molar-refractivity contribution >= 4 is 5.91 Å². The van der Waals surface area contributed by atoms with Crippen molar-refractivity contribution in [3.05, 3.63) is 24.3 Å². The van der Waals surface area contributed by atoms with Crippen LogP contribution >= 0.6 is 0 Å². The minimum atomic E-state index is 0.0515. The maximum Gasteiger partial charge on any atom is 0.257 e. The van der Waals surface area contributed by atoms with E-state index in [1.54, 1.807) is 12.4 Å². The van der Waals surface area contributed by atoms with Gasteiger partial charge in [-0.25, -0.2) is 9.97 Å². The third-order valence-corrected chi connectivity index (χ3v) is 2.62. The van der Waals surface area contributed by atoms with Crippen molar-refractivity contribution < 1.29 is 4.79 Å². The van der Waals surface area contributed by atoms with Crippen LogP contribution in [0.1, 0.15) is 30.1 Å². The molecule has 1 aliphatic rings. The third kappa shape index (κ3) is 1.60. The average Bonchev–Trinajstić information content (AvgIpc) is 2.65. The Morgan fingerprint density at radius 2 is 2.21 bits per heavy atom. The van der Waals surface area contributed by atoms with Crippen molar-refractivity contribution in [2.24, 2.45) is 0 Å². The molecule has 1 amide bonds. The van der Waals surface area contributed by atoms with Crippen LogP contribution in [0.3, 0.4) is 0 Å². The molecule has 1 aromatic rings. The predicted octanol–water partition coefficient (Wildman–Crippen LogP) is 1.10. The zero-order valence-electron chi connectivity index (χ0n) is 8.18. The van der Waals surface area contributed by atoms with Gasteiger partial charge >= 0.3 is 0 Å². The zero-order valence-corrected chi connectivity index (χ0v) is 8.18. The van der Waals surface area contributed by atoms with Gasteiger partial charge in [0.25, 0.3) is 5.91 Å². The summed E-state index contributed by atoms with van der Waals surface area (Å²) in [6, 6.07) is 0.350. The quantitative estimate of drug-likeness (QED) is 0.667. The molecular weight excluding hydrogens is 178 g/mol. The first-order valence-corrected chi connectivity index (χ1v) is 4.85. The summed E-state index contributed by atoms with van der Waals surface area (Å²) in [6.07, 6.45) is 6.77. The number of rotatable bonds is 1. The summed E-state index contributed by atoms with van der Waals surface area (Å²) >= 11 is 0. The lowest BCUT2D eigenvalue weighted by Gasteiger charge is -2.20. The Hall–Kier alpha value is -1.45. The summed E-state index contributed by atoms with van der Waals surface area (Å²) in [5.41, 5.74) is 0.584. The van der Waals surface area contributed by atoms with E-state index in [-0.39, 0.29) is 5.91 Å². The van der Waals surface area contributed by atoms with Crippen LogP contribution in [-0.2, 0) is 0 Å². The standard InChI is InChI=1S/C10H13N3O/c1-8-3-2-4-13(8)10(14)9-5-11-7-12-6-9/h5-8H,2-4H2,1H3. The van der Waals surface area contributed by atoms with Crippen molar-refractivity contribution in [3.8, 4) is 0 Å². The molecule has 1 atom stereocenters. The van der Waals surface area contributed by atoms with E-state index in [0.29, 0.717) is 11.6 Å².